The Morgan fingerprint density at radius 3 is 2.45 bits per heavy atom. The average molecular weight is 276 g/mol. The van der Waals surface area contributed by atoms with E-state index in [1.165, 1.54) is 0 Å². The third-order valence-electron chi connectivity index (χ3n) is 3.05. The Hall–Kier alpha value is -1.84. The maximum Gasteiger partial charge on any atom is 0.251 e. The van der Waals surface area contributed by atoms with Gasteiger partial charge in [0.25, 0.3) is 5.91 Å². The average Bonchev–Trinajstić information content (AvgIpc) is 2.37. The van der Waals surface area contributed by atoms with Gasteiger partial charge < -0.3 is 10.6 Å². The fourth-order valence-corrected chi connectivity index (χ4v) is 1.47. The summed E-state index contributed by atoms with van der Waals surface area (Å²) in [4.78, 5) is 24.0. The van der Waals surface area contributed by atoms with E-state index >= 15 is 0 Å². The Morgan fingerprint density at radius 1 is 1.25 bits per heavy atom. The van der Waals surface area contributed by atoms with Crippen molar-refractivity contribution >= 4 is 17.5 Å². The highest BCUT2D eigenvalue weighted by Gasteiger charge is 2.21. The monoisotopic (exact) mass is 276 g/mol. The molecule has 0 spiro atoms. The lowest BCUT2D eigenvalue weighted by molar-refractivity contribution is -0.123. The highest BCUT2D eigenvalue weighted by atomic mass is 16.2. The molecule has 1 aromatic rings. The van der Waals surface area contributed by atoms with Gasteiger partial charge in [0.05, 0.1) is 0 Å². The minimum absolute atomic E-state index is 0.0722. The number of carbonyl (C=O) groups is 2. The van der Waals surface area contributed by atoms with Crippen LogP contribution in [-0.4, -0.2) is 17.9 Å². The van der Waals surface area contributed by atoms with Crippen LogP contribution in [-0.2, 0) is 4.79 Å². The fraction of sp³-hybridized carbons (Fsp3) is 0.500. The lowest BCUT2D eigenvalue weighted by atomic mass is 9.95. The standard InChI is InChI=1S/C16H24N2O2/c1-6-11(2)17-14(19)12-8-7-9-13(10-12)18-15(20)16(3,4)5/h7-11H,6H2,1-5H3,(H,17,19)(H,18,20)/t11-/m1/s1. The van der Waals surface area contributed by atoms with E-state index < -0.39 is 5.41 Å². The maximum atomic E-state index is 12.0. The number of carbonyl (C=O) groups excluding carboxylic acids is 2. The zero-order valence-electron chi connectivity index (χ0n) is 12.9. The van der Waals surface area contributed by atoms with Crippen molar-refractivity contribution in [1.82, 2.24) is 5.32 Å². The Balaban J connectivity index is 2.81. The van der Waals surface area contributed by atoms with Gasteiger partial charge in [-0.05, 0) is 31.5 Å². The van der Waals surface area contributed by atoms with E-state index in [-0.39, 0.29) is 17.9 Å². The summed E-state index contributed by atoms with van der Waals surface area (Å²) >= 11 is 0. The highest BCUT2D eigenvalue weighted by Crippen LogP contribution is 2.18. The first kappa shape index (κ1) is 16.2. The van der Waals surface area contributed by atoms with Gasteiger partial charge in [0.2, 0.25) is 5.91 Å². The van der Waals surface area contributed by atoms with Crippen LogP contribution in [0.4, 0.5) is 5.69 Å². The lowest BCUT2D eigenvalue weighted by Gasteiger charge is -2.18. The molecule has 0 saturated heterocycles. The van der Waals surface area contributed by atoms with Crippen molar-refractivity contribution in [1.29, 1.82) is 0 Å². The summed E-state index contributed by atoms with van der Waals surface area (Å²) in [7, 11) is 0. The molecule has 0 aliphatic rings. The van der Waals surface area contributed by atoms with Crippen molar-refractivity contribution in [2.75, 3.05) is 5.32 Å². The largest absolute Gasteiger partial charge is 0.350 e. The molecule has 0 fully saturated rings. The number of hydrogen-bond acceptors (Lipinski definition) is 2. The quantitative estimate of drug-likeness (QED) is 0.887. The Kier molecular flexibility index (Phi) is 5.31. The highest BCUT2D eigenvalue weighted by molar-refractivity contribution is 5.98. The van der Waals surface area contributed by atoms with E-state index in [4.69, 9.17) is 0 Å². The molecule has 1 atom stereocenters. The molecule has 2 N–H and O–H groups in total. The van der Waals surface area contributed by atoms with Crippen LogP contribution in [0.25, 0.3) is 0 Å². The minimum Gasteiger partial charge on any atom is -0.350 e. The second-order valence-corrected chi connectivity index (χ2v) is 6.07. The van der Waals surface area contributed by atoms with E-state index in [1.807, 2.05) is 34.6 Å². The third-order valence-corrected chi connectivity index (χ3v) is 3.05. The summed E-state index contributed by atoms with van der Waals surface area (Å²) in [6, 6.07) is 7.12. The number of amides is 2. The van der Waals surface area contributed by atoms with E-state index in [1.54, 1.807) is 24.3 Å². The van der Waals surface area contributed by atoms with Crippen molar-refractivity contribution in [3.63, 3.8) is 0 Å². The third kappa shape index (κ3) is 4.68. The number of anilines is 1. The molecule has 0 aromatic heterocycles. The lowest BCUT2D eigenvalue weighted by Crippen LogP contribution is -2.32. The van der Waals surface area contributed by atoms with Crippen molar-refractivity contribution in [2.45, 2.75) is 47.1 Å². The molecule has 0 bridgehead atoms. The van der Waals surface area contributed by atoms with E-state index in [0.717, 1.165) is 6.42 Å². The zero-order chi connectivity index (χ0) is 15.3. The number of benzene rings is 1. The molecule has 0 saturated carbocycles. The van der Waals surface area contributed by atoms with E-state index in [2.05, 4.69) is 10.6 Å². The van der Waals surface area contributed by atoms with Gasteiger partial charge in [-0.1, -0.05) is 33.8 Å². The van der Waals surface area contributed by atoms with Crippen LogP contribution < -0.4 is 10.6 Å². The molecule has 4 heteroatoms. The Morgan fingerprint density at radius 2 is 1.90 bits per heavy atom. The molecular weight excluding hydrogens is 252 g/mol. The predicted molar refractivity (Wildman–Crippen MR) is 81.7 cm³/mol. The van der Waals surface area contributed by atoms with Gasteiger partial charge in [-0.15, -0.1) is 0 Å². The first-order valence-electron chi connectivity index (χ1n) is 6.96. The molecule has 1 rings (SSSR count). The summed E-state index contributed by atoms with van der Waals surface area (Å²) in [6.45, 7) is 9.53. The van der Waals surface area contributed by atoms with Crippen LogP contribution in [0.3, 0.4) is 0 Å². The SMILES string of the molecule is CC[C@@H](C)NC(=O)c1cccc(NC(=O)C(C)(C)C)c1. The number of nitrogens with one attached hydrogen (secondary N) is 2. The minimum atomic E-state index is -0.463. The normalized spacial score (nSPS) is 12.7. The van der Waals surface area contributed by atoms with Gasteiger partial charge in [0, 0.05) is 22.7 Å². The van der Waals surface area contributed by atoms with Crippen molar-refractivity contribution in [2.24, 2.45) is 5.41 Å². The van der Waals surface area contributed by atoms with Gasteiger partial charge in [0.15, 0.2) is 0 Å². The molecule has 0 unspecified atom stereocenters. The Bertz CT molecular complexity index is 489. The molecule has 0 aliphatic carbocycles. The summed E-state index contributed by atoms with van der Waals surface area (Å²) in [6.07, 6.45) is 0.881. The maximum absolute atomic E-state index is 12.0. The smallest absolute Gasteiger partial charge is 0.251 e. The second-order valence-electron chi connectivity index (χ2n) is 6.07. The molecule has 110 valence electrons. The number of hydrogen-bond donors (Lipinski definition) is 2. The molecule has 0 radical (unpaired) electrons. The van der Waals surface area contributed by atoms with Crippen LogP contribution in [0.15, 0.2) is 24.3 Å². The molecule has 2 amide bonds. The van der Waals surface area contributed by atoms with Crippen LogP contribution in [0.5, 0.6) is 0 Å². The van der Waals surface area contributed by atoms with E-state index in [9.17, 15) is 9.59 Å². The fourth-order valence-electron chi connectivity index (χ4n) is 1.47. The molecule has 1 aromatic carbocycles. The van der Waals surface area contributed by atoms with Gasteiger partial charge in [-0.3, -0.25) is 9.59 Å². The summed E-state index contributed by atoms with van der Waals surface area (Å²) in [5.41, 5.74) is 0.730. The second kappa shape index (κ2) is 6.55. The number of rotatable bonds is 4. The zero-order valence-corrected chi connectivity index (χ0v) is 12.9. The molecule has 20 heavy (non-hydrogen) atoms. The van der Waals surface area contributed by atoms with Crippen LogP contribution in [0, 0.1) is 5.41 Å². The van der Waals surface area contributed by atoms with Crippen molar-refractivity contribution < 1.29 is 9.59 Å². The summed E-state index contributed by atoms with van der Waals surface area (Å²) in [5.74, 6) is -0.191. The van der Waals surface area contributed by atoms with Crippen LogP contribution in [0.2, 0.25) is 0 Å². The summed E-state index contributed by atoms with van der Waals surface area (Å²) in [5, 5.41) is 5.73. The molecule has 4 nitrogen and oxygen atoms in total. The molecule has 0 aliphatic heterocycles. The van der Waals surface area contributed by atoms with Crippen molar-refractivity contribution in [3.05, 3.63) is 29.8 Å². The van der Waals surface area contributed by atoms with Crippen LogP contribution in [0.1, 0.15) is 51.4 Å². The van der Waals surface area contributed by atoms with Gasteiger partial charge in [0.1, 0.15) is 0 Å². The van der Waals surface area contributed by atoms with E-state index in [0.29, 0.717) is 11.3 Å². The predicted octanol–water partition coefficient (Wildman–Crippen LogP) is 3.20. The van der Waals surface area contributed by atoms with Gasteiger partial charge >= 0.3 is 0 Å². The topological polar surface area (TPSA) is 58.2 Å². The van der Waals surface area contributed by atoms with Gasteiger partial charge in [-0.25, -0.2) is 0 Å². The van der Waals surface area contributed by atoms with Gasteiger partial charge in [-0.2, -0.15) is 0 Å². The summed E-state index contributed by atoms with van der Waals surface area (Å²) < 4.78 is 0. The first-order valence-corrected chi connectivity index (χ1v) is 6.96. The molecule has 0 heterocycles. The molecular formula is C16H24N2O2. The van der Waals surface area contributed by atoms with Crippen LogP contribution >= 0.6 is 0 Å². The first-order chi connectivity index (χ1) is 9.24. The Labute approximate surface area is 121 Å². The van der Waals surface area contributed by atoms with Crippen molar-refractivity contribution in [3.8, 4) is 0 Å².